The van der Waals surface area contributed by atoms with Crippen LogP contribution in [-0.2, 0) is 6.42 Å². The average molecular weight is 326 g/mol. The van der Waals surface area contributed by atoms with Crippen LogP contribution in [0, 0.1) is 0 Å². The molecule has 1 amide bonds. The maximum atomic E-state index is 12.5. The zero-order valence-electron chi connectivity index (χ0n) is 14.0. The van der Waals surface area contributed by atoms with Crippen molar-refractivity contribution in [2.75, 3.05) is 27.3 Å². The fraction of sp³-hybridized carbons (Fsp3) is 0.316. The lowest BCUT2D eigenvalue weighted by atomic mass is 9.94. The maximum absolute atomic E-state index is 12.5. The van der Waals surface area contributed by atoms with Gasteiger partial charge >= 0.3 is 0 Å². The van der Waals surface area contributed by atoms with Crippen LogP contribution < -0.4 is 20.1 Å². The number of carbonyl (C=O) groups excluding carboxylic acids is 1. The summed E-state index contributed by atoms with van der Waals surface area (Å²) >= 11 is 0. The highest BCUT2D eigenvalue weighted by Gasteiger charge is 2.20. The van der Waals surface area contributed by atoms with Gasteiger partial charge in [-0.3, -0.25) is 4.79 Å². The van der Waals surface area contributed by atoms with Crippen molar-refractivity contribution in [3.05, 3.63) is 59.2 Å². The molecule has 3 rings (SSSR count). The Morgan fingerprint density at radius 1 is 1.21 bits per heavy atom. The molecule has 2 aromatic rings. The molecule has 0 saturated carbocycles. The molecule has 2 aromatic carbocycles. The Morgan fingerprint density at radius 2 is 2.04 bits per heavy atom. The first-order valence-corrected chi connectivity index (χ1v) is 8.04. The highest BCUT2D eigenvalue weighted by molar-refractivity contribution is 5.97. The summed E-state index contributed by atoms with van der Waals surface area (Å²) in [5, 5.41) is 6.46. The topological polar surface area (TPSA) is 59.6 Å². The summed E-state index contributed by atoms with van der Waals surface area (Å²) in [7, 11) is 3.13. The van der Waals surface area contributed by atoms with Gasteiger partial charge in [0.25, 0.3) is 5.91 Å². The van der Waals surface area contributed by atoms with Crippen molar-refractivity contribution in [2.45, 2.75) is 12.5 Å². The second-order valence-electron chi connectivity index (χ2n) is 5.73. The molecule has 1 aliphatic heterocycles. The van der Waals surface area contributed by atoms with Crippen LogP contribution in [-0.4, -0.2) is 33.2 Å². The molecule has 0 aliphatic carbocycles. The van der Waals surface area contributed by atoms with Gasteiger partial charge in [-0.15, -0.1) is 0 Å². The lowest BCUT2D eigenvalue weighted by Gasteiger charge is -2.27. The molecule has 0 spiro atoms. The normalized spacial score (nSPS) is 16.2. The van der Waals surface area contributed by atoms with Gasteiger partial charge in [-0.1, -0.05) is 24.3 Å². The van der Waals surface area contributed by atoms with Gasteiger partial charge in [0, 0.05) is 18.7 Å². The molecule has 0 radical (unpaired) electrons. The molecule has 126 valence electrons. The molecule has 0 saturated heterocycles. The maximum Gasteiger partial charge on any atom is 0.255 e. The van der Waals surface area contributed by atoms with Crippen molar-refractivity contribution in [1.29, 1.82) is 0 Å². The number of ether oxygens (including phenoxy) is 2. The van der Waals surface area contributed by atoms with Gasteiger partial charge in [0.1, 0.15) is 11.5 Å². The van der Waals surface area contributed by atoms with Crippen LogP contribution >= 0.6 is 0 Å². The highest BCUT2D eigenvalue weighted by Crippen LogP contribution is 2.25. The van der Waals surface area contributed by atoms with Crippen LogP contribution in [0.4, 0.5) is 0 Å². The van der Waals surface area contributed by atoms with E-state index in [-0.39, 0.29) is 11.9 Å². The fourth-order valence-electron chi connectivity index (χ4n) is 3.05. The molecule has 1 heterocycles. The molecule has 0 bridgehead atoms. The lowest BCUT2D eigenvalue weighted by Crippen LogP contribution is -2.38. The Bertz CT molecular complexity index is 730. The van der Waals surface area contributed by atoms with E-state index in [1.54, 1.807) is 32.4 Å². The van der Waals surface area contributed by atoms with Crippen molar-refractivity contribution >= 4 is 5.91 Å². The minimum absolute atomic E-state index is 0.128. The number of hydrogen-bond acceptors (Lipinski definition) is 4. The van der Waals surface area contributed by atoms with E-state index in [9.17, 15) is 4.79 Å². The number of benzene rings is 2. The summed E-state index contributed by atoms with van der Waals surface area (Å²) in [6.07, 6.45) is 1.02. The van der Waals surface area contributed by atoms with Crippen LogP contribution in [0.5, 0.6) is 11.5 Å². The van der Waals surface area contributed by atoms with Gasteiger partial charge < -0.3 is 20.1 Å². The largest absolute Gasteiger partial charge is 0.497 e. The highest BCUT2D eigenvalue weighted by atomic mass is 16.5. The zero-order valence-corrected chi connectivity index (χ0v) is 14.0. The van der Waals surface area contributed by atoms with Gasteiger partial charge in [-0.05, 0) is 36.2 Å². The number of nitrogens with one attached hydrogen (secondary N) is 2. The van der Waals surface area contributed by atoms with Crippen LogP contribution in [0.3, 0.4) is 0 Å². The number of hydrogen-bond donors (Lipinski definition) is 2. The second-order valence-corrected chi connectivity index (χ2v) is 5.73. The summed E-state index contributed by atoms with van der Waals surface area (Å²) in [6.45, 7) is 1.45. The van der Waals surface area contributed by atoms with Crippen molar-refractivity contribution < 1.29 is 14.3 Å². The van der Waals surface area contributed by atoms with Crippen LogP contribution in [0.1, 0.15) is 27.5 Å². The van der Waals surface area contributed by atoms with E-state index in [1.807, 2.05) is 6.07 Å². The van der Waals surface area contributed by atoms with Crippen LogP contribution in [0.25, 0.3) is 0 Å². The molecular weight excluding hydrogens is 304 g/mol. The number of methoxy groups -OCH3 is 2. The molecule has 2 N–H and O–H groups in total. The van der Waals surface area contributed by atoms with Crippen molar-refractivity contribution in [2.24, 2.45) is 0 Å². The lowest BCUT2D eigenvalue weighted by molar-refractivity contribution is 0.0946. The molecular formula is C19H22N2O3. The zero-order chi connectivity index (χ0) is 16.9. The van der Waals surface area contributed by atoms with Gasteiger partial charge in [-0.2, -0.15) is 0 Å². The quantitative estimate of drug-likeness (QED) is 0.885. The molecule has 5 heteroatoms. The standard InChI is InChI=1S/C19H22N2O3/c1-23-14-7-8-16(18(11-14)24-2)19(22)21-12-17-15-6-4-3-5-13(15)9-10-20-17/h3-8,11,17,20H,9-10,12H2,1-2H3,(H,21,22). The summed E-state index contributed by atoms with van der Waals surface area (Å²) in [5.41, 5.74) is 3.10. The van der Waals surface area contributed by atoms with Crippen LogP contribution in [0.2, 0.25) is 0 Å². The van der Waals surface area contributed by atoms with E-state index in [0.29, 0.717) is 23.6 Å². The molecule has 1 unspecified atom stereocenters. The number of amides is 1. The molecule has 24 heavy (non-hydrogen) atoms. The van der Waals surface area contributed by atoms with Gasteiger partial charge in [-0.25, -0.2) is 0 Å². The minimum atomic E-state index is -0.153. The Hall–Kier alpha value is -2.53. The predicted octanol–water partition coefficient (Wildman–Crippen LogP) is 2.32. The molecule has 1 atom stereocenters. The molecule has 0 fully saturated rings. The number of rotatable bonds is 5. The van der Waals surface area contributed by atoms with Crippen molar-refractivity contribution in [3.8, 4) is 11.5 Å². The monoisotopic (exact) mass is 326 g/mol. The molecule has 5 nitrogen and oxygen atoms in total. The third kappa shape index (κ3) is 3.36. The molecule has 1 aliphatic rings. The third-order valence-corrected chi connectivity index (χ3v) is 4.34. The Morgan fingerprint density at radius 3 is 2.83 bits per heavy atom. The molecule has 0 aromatic heterocycles. The Kier molecular flexibility index (Phi) is 5.01. The van der Waals surface area contributed by atoms with E-state index in [4.69, 9.17) is 9.47 Å². The second kappa shape index (κ2) is 7.36. The number of carbonyl (C=O) groups is 1. The summed E-state index contributed by atoms with van der Waals surface area (Å²) in [5.74, 6) is 1.01. The first-order valence-electron chi connectivity index (χ1n) is 8.04. The van der Waals surface area contributed by atoms with Crippen LogP contribution in [0.15, 0.2) is 42.5 Å². The third-order valence-electron chi connectivity index (χ3n) is 4.34. The summed E-state index contributed by atoms with van der Waals surface area (Å²) in [6, 6.07) is 13.7. The average Bonchev–Trinajstić information content (AvgIpc) is 2.65. The van der Waals surface area contributed by atoms with E-state index in [1.165, 1.54) is 11.1 Å². The van der Waals surface area contributed by atoms with E-state index in [2.05, 4.69) is 28.8 Å². The van der Waals surface area contributed by atoms with Gasteiger partial charge in [0.2, 0.25) is 0 Å². The Labute approximate surface area is 142 Å². The SMILES string of the molecule is COc1ccc(C(=O)NCC2NCCc3ccccc32)c(OC)c1. The first kappa shape index (κ1) is 16.3. The van der Waals surface area contributed by atoms with Crippen molar-refractivity contribution in [3.63, 3.8) is 0 Å². The Balaban J connectivity index is 1.71. The van der Waals surface area contributed by atoms with Crippen molar-refractivity contribution in [1.82, 2.24) is 10.6 Å². The van der Waals surface area contributed by atoms with E-state index < -0.39 is 0 Å². The minimum Gasteiger partial charge on any atom is -0.497 e. The van der Waals surface area contributed by atoms with E-state index >= 15 is 0 Å². The summed E-state index contributed by atoms with van der Waals surface area (Å²) < 4.78 is 10.5. The smallest absolute Gasteiger partial charge is 0.255 e. The summed E-state index contributed by atoms with van der Waals surface area (Å²) in [4.78, 5) is 12.5. The number of fused-ring (bicyclic) bond motifs is 1. The first-order chi connectivity index (χ1) is 11.7. The van der Waals surface area contributed by atoms with E-state index in [0.717, 1.165) is 13.0 Å². The fourth-order valence-corrected chi connectivity index (χ4v) is 3.05. The van der Waals surface area contributed by atoms with Gasteiger partial charge in [0.05, 0.1) is 19.8 Å². The predicted molar refractivity (Wildman–Crippen MR) is 92.8 cm³/mol. The van der Waals surface area contributed by atoms with Gasteiger partial charge in [0.15, 0.2) is 0 Å².